The number of halogens is 1. The lowest BCUT2D eigenvalue weighted by atomic mass is 9.98. The third-order valence-corrected chi connectivity index (χ3v) is 3.19. The average Bonchev–Trinajstić information content (AvgIpc) is 2.19. The van der Waals surface area contributed by atoms with E-state index in [0.29, 0.717) is 6.04 Å². The minimum atomic E-state index is 0.700. The fourth-order valence-electron chi connectivity index (χ4n) is 1.99. The fraction of sp³-hybridized carbons (Fsp3) is 0.455. The normalized spacial score (nSPS) is 23.0. The Labute approximate surface area is 87.7 Å². The first-order valence-electron chi connectivity index (χ1n) is 4.95. The molecule has 1 saturated heterocycles. The van der Waals surface area contributed by atoms with Crippen molar-refractivity contribution in [3.05, 3.63) is 34.3 Å². The van der Waals surface area contributed by atoms with Crippen LogP contribution >= 0.6 is 15.9 Å². The molecule has 0 amide bonds. The van der Waals surface area contributed by atoms with E-state index in [4.69, 9.17) is 0 Å². The number of quaternary nitrogens is 1. The van der Waals surface area contributed by atoms with Crippen LogP contribution in [-0.2, 0) is 0 Å². The molecule has 0 radical (unpaired) electrons. The molecule has 1 heterocycles. The Morgan fingerprint density at radius 1 is 1.31 bits per heavy atom. The maximum absolute atomic E-state index is 3.51. The highest BCUT2D eigenvalue weighted by atomic mass is 79.9. The molecule has 0 aromatic heterocycles. The molecule has 1 fully saturated rings. The van der Waals surface area contributed by atoms with E-state index in [9.17, 15) is 0 Å². The summed E-state index contributed by atoms with van der Waals surface area (Å²) in [6.45, 7) is 1.29. The van der Waals surface area contributed by atoms with Crippen LogP contribution in [0, 0.1) is 0 Å². The van der Waals surface area contributed by atoms with Gasteiger partial charge >= 0.3 is 0 Å². The Morgan fingerprint density at radius 3 is 2.92 bits per heavy atom. The molecule has 0 aliphatic carbocycles. The molecule has 1 aliphatic heterocycles. The van der Waals surface area contributed by atoms with Gasteiger partial charge in [-0.25, -0.2) is 0 Å². The van der Waals surface area contributed by atoms with Crippen molar-refractivity contribution in [1.82, 2.24) is 0 Å². The topological polar surface area (TPSA) is 16.6 Å². The molecule has 2 rings (SSSR count). The summed E-state index contributed by atoms with van der Waals surface area (Å²) in [4.78, 5) is 0. The first kappa shape index (κ1) is 9.22. The highest BCUT2D eigenvalue weighted by molar-refractivity contribution is 9.10. The molecule has 2 heteroatoms. The molecule has 0 bridgehead atoms. The third-order valence-electron chi connectivity index (χ3n) is 2.70. The van der Waals surface area contributed by atoms with Crippen LogP contribution in [0.3, 0.4) is 0 Å². The Bertz CT molecular complexity index is 279. The van der Waals surface area contributed by atoms with Gasteiger partial charge in [-0.1, -0.05) is 28.1 Å². The number of benzene rings is 1. The van der Waals surface area contributed by atoms with Crippen LogP contribution < -0.4 is 5.32 Å². The van der Waals surface area contributed by atoms with Crippen molar-refractivity contribution in [1.29, 1.82) is 0 Å². The molecule has 0 saturated carbocycles. The lowest BCUT2D eigenvalue weighted by molar-refractivity contribution is -0.704. The van der Waals surface area contributed by atoms with Gasteiger partial charge in [-0.3, -0.25) is 0 Å². The van der Waals surface area contributed by atoms with Crippen molar-refractivity contribution in [3.63, 3.8) is 0 Å². The number of nitrogens with two attached hydrogens (primary N) is 1. The highest BCUT2D eigenvalue weighted by Crippen LogP contribution is 2.20. The molecule has 1 aromatic carbocycles. The number of hydrogen-bond acceptors (Lipinski definition) is 0. The number of hydrogen-bond donors (Lipinski definition) is 1. The molecule has 70 valence electrons. The van der Waals surface area contributed by atoms with Crippen molar-refractivity contribution in [2.45, 2.75) is 25.3 Å². The summed E-state index contributed by atoms with van der Waals surface area (Å²) in [6, 6.07) is 9.39. The molecule has 1 nitrogen and oxygen atoms in total. The van der Waals surface area contributed by atoms with Gasteiger partial charge in [-0.2, -0.15) is 0 Å². The Hall–Kier alpha value is -0.340. The van der Waals surface area contributed by atoms with Gasteiger partial charge in [-0.05, 0) is 25.0 Å². The molecule has 1 aromatic rings. The SMILES string of the molecule is Brc1cccc([C@H]2CCCC[NH2+]2)c1. The summed E-state index contributed by atoms with van der Waals surface area (Å²) in [7, 11) is 0. The molecule has 2 N–H and O–H groups in total. The van der Waals surface area contributed by atoms with Crippen LogP contribution in [0.15, 0.2) is 28.7 Å². The van der Waals surface area contributed by atoms with E-state index in [-0.39, 0.29) is 0 Å². The van der Waals surface area contributed by atoms with Crippen LogP contribution in [0.4, 0.5) is 0 Å². The fourth-order valence-corrected chi connectivity index (χ4v) is 2.40. The molecular formula is C11H15BrN+. The maximum atomic E-state index is 3.51. The number of rotatable bonds is 1. The lowest BCUT2D eigenvalue weighted by Crippen LogP contribution is -2.86. The predicted octanol–water partition coefficient (Wildman–Crippen LogP) is 2.24. The van der Waals surface area contributed by atoms with Crippen LogP contribution in [0.2, 0.25) is 0 Å². The molecule has 0 unspecified atom stereocenters. The van der Waals surface area contributed by atoms with Crippen LogP contribution in [-0.4, -0.2) is 6.54 Å². The van der Waals surface area contributed by atoms with Gasteiger partial charge in [0.2, 0.25) is 0 Å². The molecule has 1 aliphatic rings. The van der Waals surface area contributed by atoms with Crippen LogP contribution in [0.25, 0.3) is 0 Å². The smallest absolute Gasteiger partial charge is 0.112 e. The van der Waals surface area contributed by atoms with Crippen molar-refractivity contribution in [2.75, 3.05) is 6.54 Å². The van der Waals surface area contributed by atoms with Gasteiger partial charge in [0.05, 0.1) is 6.54 Å². The molecule has 13 heavy (non-hydrogen) atoms. The van der Waals surface area contributed by atoms with Crippen molar-refractivity contribution in [2.24, 2.45) is 0 Å². The monoisotopic (exact) mass is 240 g/mol. The average molecular weight is 241 g/mol. The van der Waals surface area contributed by atoms with Crippen molar-refractivity contribution >= 4 is 15.9 Å². The standard InChI is InChI=1S/C11H14BrN/c12-10-5-3-4-9(8-10)11-6-1-2-7-13-11/h3-5,8,11,13H,1-2,6-7H2/p+1/t11-/m1/s1. The van der Waals surface area contributed by atoms with Crippen molar-refractivity contribution in [3.8, 4) is 0 Å². The second-order valence-corrected chi connectivity index (χ2v) is 4.60. The summed E-state index contributed by atoms with van der Waals surface area (Å²) in [5.74, 6) is 0. The van der Waals surface area contributed by atoms with E-state index in [2.05, 4.69) is 45.5 Å². The zero-order valence-corrected chi connectivity index (χ0v) is 9.26. The Morgan fingerprint density at radius 2 is 2.23 bits per heavy atom. The second-order valence-electron chi connectivity index (χ2n) is 3.68. The van der Waals surface area contributed by atoms with E-state index in [1.807, 2.05) is 0 Å². The van der Waals surface area contributed by atoms with Crippen LogP contribution in [0.5, 0.6) is 0 Å². The van der Waals surface area contributed by atoms with Crippen LogP contribution in [0.1, 0.15) is 30.9 Å². The summed E-state index contributed by atoms with van der Waals surface area (Å²) in [5.41, 5.74) is 1.47. The highest BCUT2D eigenvalue weighted by Gasteiger charge is 2.17. The van der Waals surface area contributed by atoms with Gasteiger partial charge in [0.15, 0.2) is 0 Å². The van der Waals surface area contributed by atoms with Gasteiger partial charge < -0.3 is 5.32 Å². The van der Waals surface area contributed by atoms with Gasteiger partial charge in [-0.15, -0.1) is 0 Å². The number of piperidine rings is 1. The summed E-state index contributed by atoms with van der Waals surface area (Å²) in [5, 5.41) is 2.46. The van der Waals surface area contributed by atoms with E-state index in [0.717, 1.165) is 0 Å². The van der Waals surface area contributed by atoms with Gasteiger partial charge in [0.1, 0.15) is 6.04 Å². The van der Waals surface area contributed by atoms with E-state index < -0.39 is 0 Å². The zero-order chi connectivity index (χ0) is 9.10. The first-order valence-corrected chi connectivity index (χ1v) is 5.74. The van der Waals surface area contributed by atoms with E-state index >= 15 is 0 Å². The van der Waals surface area contributed by atoms with Gasteiger partial charge in [0.25, 0.3) is 0 Å². The Kier molecular flexibility index (Phi) is 3.01. The largest absolute Gasteiger partial charge is 0.340 e. The molecule has 1 atom stereocenters. The Balaban J connectivity index is 2.14. The summed E-state index contributed by atoms with van der Waals surface area (Å²) < 4.78 is 1.20. The molecule has 0 spiro atoms. The van der Waals surface area contributed by atoms with E-state index in [1.54, 1.807) is 0 Å². The lowest BCUT2D eigenvalue weighted by Gasteiger charge is -2.20. The minimum absolute atomic E-state index is 0.700. The van der Waals surface area contributed by atoms with Crippen molar-refractivity contribution < 1.29 is 5.32 Å². The second kappa shape index (κ2) is 4.25. The quantitative estimate of drug-likeness (QED) is 0.776. The van der Waals surface area contributed by atoms with Gasteiger partial charge in [0, 0.05) is 16.5 Å². The maximum Gasteiger partial charge on any atom is 0.112 e. The first-order chi connectivity index (χ1) is 6.36. The summed E-state index contributed by atoms with van der Waals surface area (Å²) in [6.07, 6.45) is 4.09. The molecular weight excluding hydrogens is 226 g/mol. The predicted molar refractivity (Wildman–Crippen MR) is 57.5 cm³/mol. The zero-order valence-electron chi connectivity index (χ0n) is 7.67. The third kappa shape index (κ3) is 2.32. The summed E-state index contributed by atoms with van der Waals surface area (Å²) >= 11 is 3.51. The van der Waals surface area contributed by atoms with E-state index in [1.165, 1.54) is 35.8 Å². The minimum Gasteiger partial charge on any atom is -0.340 e.